The molecule has 0 saturated heterocycles. The minimum Gasteiger partial charge on any atom is -0.495 e. The molecule has 0 aliphatic heterocycles. The molecule has 0 fully saturated rings. The summed E-state index contributed by atoms with van der Waals surface area (Å²) in [4.78, 5) is -0.105. The highest BCUT2D eigenvalue weighted by Gasteiger charge is 2.26. The number of rotatable bonds is 6. The molecule has 0 heterocycles. The van der Waals surface area contributed by atoms with Crippen molar-refractivity contribution in [1.82, 2.24) is 4.72 Å². The number of hydrogen-bond donors (Lipinski definition) is 1. The highest BCUT2D eigenvalue weighted by Crippen LogP contribution is 2.37. The molecule has 140 valence electrons. The third-order valence-corrected chi connectivity index (χ3v) is 6.50. The van der Waals surface area contributed by atoms with Gasteiger partial charge in [-0.3, -0.25) is 0 Å². The van der Waals surface area contributed by atoms with Gasteiger partial charge in [-0.15, -0.1) is 0 Å². The second-order valence-electron chi connectivity index (χ2n) is 5.77. The summed E-state index contributed by atoms with van der Waals surface area (Å²) >= 11 is 12.3. The maximum absolute atomic E-state index is 13.1. The van der Waals surface area contributed by atoms with E-state index in [1.807, 2.05) is 60.7 Å². The van der Waals surface area contributed by atoms with Crippen molar-refractivity contribution in [3.63, 3.8) is 0 Å². The molecule has 0 aliphatic rings. The van der Waals surface area contributed by atoms with Gasteiger partial charge in [0.15, 0.2) is 0 Å². The van der Waals surface area contributed by atoms with E-state index in [0.717, 1.165) is 11.1 Å². The van der Waals surface area contributed by atoms with Gasteiger partial charge in [0, 0.05) is 0 Å². The fourth-order valence-corrected chi connectivity index (χ4v) is 4.77. The molecule has 0 aliphatic carbocycles. The van der Waals surface area contributed by atoms with E-state index in [4.69, 9.17) is 27.9 Å². The molecule has 4 nitrogen and oxygen atoms in total. The number of nitrogens with one attached hydrogen (secondary N) is 1. The highest BCUT2D eigenvalue weighted by molar-refractivity contribution is 7.89. The Bertz CT molecular complexity index is 986. The van der Waals surface area contributed by atoms with Crippen molar-refractivity contribution >= 4 is 33.2 Å². The quantitative estimate of drug-likeness (QED) is 0.604. The van der Waals surface area contributed by atoms with Crippen LogP contribution in [0, 0.1) is 0 Å². The Hall–Kier alpha value is -2.05. The molecule has 3 aromatic carbocycles. The molecule has 0 spiro atoms. The van der Waals surface area contributed by atoms with E-state index in [1.54, 1.807) is 0 Å². The molecule has 7 heteroatoms. The first-order chi connectivity index (χ1) is 12.9. The van der Waals surface area contributed by atoms with E-state index in [1.165, 1.54) is 19.2 Å². The van der Waals surface area contributed by atoms with Crippen LogP contribution in [-0.4, -0.2) is 15.5 Å². The van der Waals surface area contributed by atoms with Crippen LogP contribution in [0.5, 0.6) is 5.75 Å². The first-order valence-electron chi connectivity index (χ1n) is 8.08. The summed E-state index contributed by atoms with van der Waals surface area (Å²) in [6, 6.07) is 20.9. The molecule has 0 aromatic heterocycles. The van der Waals surface area contributed by atoms with Crippen LogP contribution in [0.1, 0.15) is 17.2 Å². The van der Waals surface area contributed by atoms with Gasteiger partial charge in [-0.2, -0.15) is 4.72 Å². The maximum Gasteiger partial charge on any atom is 0.242 e. The largest absolute Gasteiger partial charge is 0.495 e. The van der Waals surface area contributed by atoms with Crippen LogP contribution in [0.4, 0.5) is 0 Å². The first kappa shape index (κ1) is 19.7. The molecule has 3 rings (SSSR count). The third kappa shape index (κ3) is 4.28. The fourth-order valence-electron chi connectivity index (χ4n) is 2.72. The van der Waals surface area contributed by atoms with Gasteiger partial charge in [-0.05, 0) is 23.3 Å². The Labute approximate surface area is 168 Å². The van der Waals surface area contributed by atoms with Crippen LogP contribution < -0.4 is 9.46 Å². The van der Waals surface area contributed by atoms with Crippen LogP contribution in [0.15, 0.2) is 77.7 Å². The van der Waals surface area contributed by atoms with Crippen molar-refractivity contribution in [1.29, 1.82) is 0 Å². The minimum absolute atomic E-state index is 0.0537. The first-order valence-corrected chi connectivity index (χ1v) is 10.3. The molecule has 1 N–H and O–H groups in total. The van der Waals surface area contributed by atoms with Crippen molar-refractivity contribution in [3.05, 3.63) is 94.0 Å². The third-order valence-electron chi connectivity index (χ3n) is 4.06. The molecule has 0 unspecified atom stereocenters. The second-order valence-corrected chi connectivity index (χ2v) is 8.21. The van der Waals surface area contributed by atoms with Gasteiger partial charge >= 0.3 is 0 Å². The molecular weight excluding hydrogens is 405 g/mol. The smallest absolute Gasteiger partial charge is 0.242 e. The Kier molecular flexibility index (Phi) is 6.07. The zero-order chi connectivity index (χ0) is 19.4. The van der Waals surface area contributed by atoms with Crippen LogP contribution in [0.25, 0.3) is 0 Å². The molecule has 0 amide bonds. The van der Waals surface area contributed by atoms with Gasteiger partial charge in [0.1, 0.15) is 15.7 Å². The summed E-state index contributed by atoms with van der Waals surface area (Å²) in [6.07, 6.45) is 0. The molecule has 0 saturated carbocycles. The molecule has 3 aromatic rings. The lowest BCUT2D eigenvalue weighted by Gasteiger charge is -2.20. The second kappa shape index (κ2) is 8.31. The van der Waals surface area contributed by atoms with Crippen molar-refractivity contribution in [2.75, 3.05) is 7.11 Å². The van der Waals surface area contributed by atoms with Crippen molar-refractivity contribution in [2.24, 2.45) is 0 Å². The van der Waals surface area contributed by atoms with E-state index < -0.39 is 16.1 Å². The number of sulfonamides is 1. The van der Waals surface area contributed by atoms with Gasteiger partial charge in [-0.1, -0.05) is 83.9 Å². The highest BCUT2D eigenvalue weighted by atomic mass is 35.5. The number of ether oxygens (including phenoxy) is 1. The van der Waals surface area contributed by atoms with E-state index in [0.29, 0.717) is 5.75 Å². The predicted molar refractivity (Wildman–Crippen MR) is 108 cm³/mol. The molecular formula is C20H17Cl2NO3S. The SMILES string of the molecule is COc1ccc(S(=O)(=O)NC(c2ccccc2)c2ccccc2)c(Cl)c1Cl. The lowest BCUT2D eigenvalue weighted by molar-refractivity contribution is 0.414. The summed E-state index contributed by atoms with van der Waals surface area (Å²) in [5.41, 5.74) is 1.62. The maximum atomic E-state index is 13.1. The average molecular weight is 422 g/mol. The van der Waals surface area contributed by atoms with E-state index in [-0.39, 0.29) is 14.9 Å². The Morgan fingerprint density at radius 2 is 1.33 bits per heavy atom. The minimum atomic E-state index is -3.96. The summed E-state index contributed by atoms with van der Waals surface area (Å²) in [5, 5.41) is -0.0265. The van der Waals surface area contributed by atoms with Crippen LogP contribution in [0.2, 0.25) is 10.0 Å². The van der Waals surface area contributed by atoms with Gasteiger partial charge < -0.3 is 4.74 Å². The van der Waals surface area contributed by atoms with E-state index >= 15 is 0 Å². The van der Waals surface area contributed by atoms with E-state index in [9.17, 15) is 8.42 Å². The van der Waals surface area contributed by atoms with Crippen molar-refractivity contribution < 1.29 is 13.2 Å². The van der Waals surface area contributed by atoms with Gasteiger partial charge in [0.2, 0.25) is 10.0 Å². The summed E-state index contributed by atoms with van der Waals surface area (Å²) in [5.74, 6) is 0.309. The number of hydrogen-bond acceptors (Lipinski definition) is 3. The molecule has 0 bridgehead atoms. The zero-order valence-corrected chi connectivity index (χ0v) is 16.7. The zero-order valence-electron chi connectivity index (χ0n) is 14.4. The van der Waals surface area contributed by atoms with Gasteiger partial charge in [-0.25, -0.2) is 8.42 Å². The van der Waals surface area contributed by atoms with Crippen LogP contribution in [0.3, 0.4) is 0 Å². The summed E-state index contributed by atoms with van der Waals surface area (Å²) in [6.45, 7) is 0. The lowest BCUT2D eigenvalue weighted by Crippen LogP contribution is -2.29. The summed E-state index contributed by atoms with van der Waals surface area (Å²) < 4.78 is 34.0. The Balaban J connectivity index is 2.05. The van der Waals surface area contributed by atoms with Gasteiger partial charge in [0.05, 0.1) is 18.2 Å². The van der Waals surface area contributed by atoms with Crippen LogP contribution in [-0.2, 0) is 10.0 Å². The average Bonchev–Trinajstić information content (AvgIpc) is 2.69. The lowest BCUT2D eigenvalue weighted by atomic mass is 10.00. The standard InChI is InChI=1S/C20H17Cl2NO3S/c1-26-16-12-13-17(19(22)18(16)21)27(24,25)23-20(14-8-4-2-5-9-14)15-10-6-3-7-11-15/h2-13,20,23H,1H3. The Morgan fingerprint density at radius 1 is 0.815 bits per heavy atom. The van der Waals surface area contributed by atoms with Crippen LogP contribution >= 0.6 is 23.2 Å². The molecule has 0 radical (unpaired) electrons. The van der Waals surface area contributed by atoms with Crippen molar-refractivity contribution in [3.8, 4) is 5.75 Å². The fraction of sp³-hybridized carbons (Fsp3) is 0.100. The molecule has 27 heavy (non-hydrogen) atoms. The molecule has 0 atom stereocenters. The monoisotopic (exact) mass is 421 g/mol. The van der Waals surface area contributed by atoms with Gasteiger partial charge in [0.25, 0.3) is 0 Å². The van der Waals surface area contributed by atoms with Crippen molar-refractivity contribution in [2.45, 2.75) is 10.9 Å². The predicted octanol–water partition coefficient (Wildman–Crippen LogP) is 5.07. The topological polar surface area (TPSA) is 55.4 Å². The summed E-state index contributed by atoms with van der Waals surface area (Å²) in [7, 11) is -2.52. The number of methoxy groups -OCH3 is 1. The van der Waals surface area contributed by atoms with E-state index in [2.05, 4.69) is 4.72 Å². The normalized spacial score (nSPS) is 11.6. The number of halogens is 2. The Morgan fingerprint density at radius 3 is 1.81 bits per heavy atom. The number of benzene rings is 3.